The summed E-state index contributed by atoms with van der Waals surface area (Å²) in [5.41, 5.74) is 0.803. The number of ether oxygens (including phenoxy) is 1. The van der Waals surface area contributed by atoms with Gasteiger partial charge in [0.05, 0.1) is 5.02 Å². The maximum Gasteiger partial charge on any atom is 0.261 e. The minimum atomic E-state index is -0.699. The van der Waals surface area contributed by atoms with Crippen LogP contribution in [-0.2, 0) is 4.79 Å². The van der Waals surface area contributed by atoms with Gasteiger partial charge >= 0.3 is 0 Å². The van der Waals surface area contributed by atoms with Crippen molar-refractivity contribution in [3.05, 3.63) is 55.7 Å². The number of halogens is 2. The predicted octanol–water partition coefficient (Wildman–Crippen LogP) is 3.56. The zero-order valence-electron chi connectivity index (χ0n) is 14.6. The molecule has 1 amide bonds. The number of thiophene rings is 1. The molecule has 0 aliphatic rings. The van der Waals surface area contributed by atoms with E-state index in [9.17, 15) is 4.79 Å². The van der Waals surface area contributed by atoms with E-state index in [1.807, 2.05) is 37.4 Å². The van der Waals surface area contributed by atoms with Crippen molar-refractivity contribution in [1.29, 1.82) is 0 Å². The molecule has 2 aromatic rings. The van der Waals surface area contributed by atoms with Crippen LogP contribution in [-0.4, -0.2) is 23.5 Å². The van der Waals surface area contributed by atoms with E-state index in [1.54, 1.807) is 11.3 Å². The molecule has 1 unspecified atom stereocenters. The smallest absolute Gasteiger partial charge is 0.261 e. The highest BCUT2D eigenvalue weighted by Crippen LogP contribution is 2.25. The molecule has 1 N–H and O–H groups in total. The topological polar surface area (TPSA) is 51.2 Å². The minimum absolute atomic E-state index is 0.185. The van der Waals surface area contributed by atoms with E-state index in [0.29, 0.717) is 18.0 Å². The average molecular weight is 411 g/mol. The molecule has 2 aromatic heterocycles. The monoisotopic (exact) mass is 410 g/mol. The van der Waals surface area contributed by atoms with Gasteiger partial charge in [0.1, 0.15) is 5.02 Å². The fourth-order valence-corrected chi connectivity index (χ4v) is 3.40. The molecule has 0 aliphatic heterocycles. The molecular weight excluding hydrogens is 391 g/mol. The van der Waals surface area contributed by atoms with Gasteiger partial charge in [0.15, 0.2) is 6.10 Å². The van der Waals surface area contributed by atoms with Crippen LogP contribution < -0.4 is 19.8 Å². The van der Waals surface area contributed by atoms with Gasteiger partial charge in [0.25, 0.3) is 5.91 Å². The highest BCUT2D eigenvalue weighted by molar-refractivity contribution is 7.07. The van der Waals surface area contributed by atoms with E-state index in [0.717, 1.165) is 10.8 Å². The number of carbonyl (C=O) groups is 1. The van der Waals surface area contributed by atoms with E-state index in [-0.39, 0.29) is 16.8 Å². The Kier molecular flexibility index (Phi) is 7.69. The first-order chi connectivity index (χ1) is 12.4. The van der Waals surface area contributed by atoms with Crippen LogP contribution >= 0.6 is 34.5 Å². The molecule has 2 rings (SSSR count). The molecule has 0 aliphatic carbocycles. The SMILES string of the molecule is C=C(/C=c1/ccs/c1=C/C)CNC(=O)C(CC)Oc1ncc(Cl)cc1Cl. The molecule has 1 atom stereocenters. The van der Waals surface area contributed by atoms with E-state index in [4.69, 9.17) is 27.9 Å². The summed E-state index contributed by atoms with van der Waals surface area (Å²) in [4.78, 5) is 16.4. The van der Waals surface area contributed by atoms with Gasteiger partial charge in [-0.15, -0.1) is 11.3 Å². The van der Waals surface area contributed by atoms with Gasteiger partial charge in [0.2, 0.25) is 5.88 Å². The van der Waals surface area contributed by atoms with Crippen LogP contribution in [0, 0.1) is 0 Å². The van der Waals surface area contributed by atoms with Crippen LogP contribution in [0.2, 0.25) is 10.0 Å². The van der Waals surface area contributed by atoms with Gasteiger partial charge in [-0.3, -0.25) is 4.79 Å². The van der Waals surface area contributed by atoms with E-state index in [1.165, 1.54) is 16.8 Å². The third-order valence-electron chi connectivity index (χ3n) is 3.53. The normalized spacial score (nSPS) is 13.5. The summed E-state index contributed by atoms with van der Waals surface area (Å²) >= 11 is 13.5. The Morgan fingerprint density at radius 3 is 2.92 bits per heavy atom. The summed E-state index contributed by atoms with van der Waals surface area (Å²) in [7, 11) is 0. The van der Waals surface area contributed by atoms with E-state index in [2.05, 4.69) is 16.9 Å². The minimum Gasteiger partial charge on any atom is -0.463 e. The molecule has 0 spiro atoms. The third kappa shape index (κ3) is 5.59. The van der Waals surface area contributed by atoms with Gasteiger partial charge in [0, 0.05) is 17.3 Å². The first kappa shape index (κ1) is 20.5. The zero-order valence-corrected chi connectivity index (χ0v) is 16.9. The number of aromatic nitrogens is 1. The number of carbonyl (C=O) groups excluding carboxylic acids is 1. The van der Waals surface area contributed by atoms with Crippen LogP contribution in [0.15, 0.2) is 35.9 Å². The second kappa shape index (κ2) is 9.76. The Morgan fingerprint density at radius 1 is 1.50 bits per heavy atom. The van der Waals surface area contributed by atoms with Crippen molar-refractivity contribution in [3.8, 4) is 5.88 Å². The predicted molar refractivity (Wildman–Crippen MR) is 109 cm³/mol. The van der Waals surface area contributed by atoms with Crippen LogP contribution in [0.5, 0.6) is 5.88 Å². The highest BCUT2D eigenvalue weighted by Gasteiger charge is 2.20. The van der Waals surface area contributed by atoms with Crippen molar-refractivity contribution in [1.82, 2.24) is 10.3 Å². The van der Waals surface area contributed by atoms with Crippen molar-refractivity contribution in [2.24, 2.45) is 0 Å². The quantitative estimate of drug-likeness (QED) is 0.758. The molecule has 7 heteroatoms. The van der Waals surface area contributed by atoms with Crippen LogP contribution in [0.3, 0.4) is 0 Å². The largest absolute Gasteiger partial charge is 0.463 e. The fourth-order valence-electron chi connectivity index (χ4n) is 2.22. The Balaban J connectivity index is 1.99. The Hall–Kier alpha value is -1.82. The number of rotatable bonds is 7. The number of nitrogens with one attached hydrogen (secondary N) is 1. The molecule has 0 radical (unpaired) electrons. The zero-order chi connectivity index (χ0) is 19.1. The molecule has 0 aromatic carbocycles. The van der Waals surface area contributed by atoms with Crippen LogP contribution in [0.25, 0.3) is 12.2 Å². The van der Waals surface area contributed by atoms with Gasteiger partial charge < -0.3 is 10.1 Å². The van der Waals surface area contributed by atoms with Crippen LogP contribution in [0.4, 0.5) is 0 Å². The lowest BCUT2D eigenvalue weighted by molar-refractivity contribution is -0.128. The van der Waals surface area contributed by atoms with Gasteiger partial charge in [-0.25, -0.2) is 4.98 Å². The molecule has 0 saturated heterocycles. The summed E-state index contributed by atoms with van der Waals surface area (Å²) in [5.74, 6) is -0.0627. The summed E-state index contributed by atoms with van der Waals surface area (Å²) in [6.07, 6.45) is 5.21. The van der Waals surface area contributed by atoms with Crippen LogP contribution in [0.1, 0.15) is 20.3 Å². The van der Waals surface area contributed by atoms with Gasteiger partial charge in [-0.2, -0.15) is 0 Å². The fraction of sp³-hybridized carbons (Fsp3) is 0.263. The van der Waals surface area contributed by atoms with E-state index < -0.39 is 6.10 Å². The molecule has 4 nitrogen and oxygen atoms in total. The second-order valence-electron chi connectivity index (χ2n) is 5.50. The second-order valence-corrected chi connectivity index (χ2v) is 7.30. The van der Waals surface area contributed by atoms with Crippen molar-refractivity contribution >= 4 is 52.6 Å². The van der Waals surface area contributed by atoms with Crippen molar-refractivity contribution < 1.29 is 9.53 Å². The lowest BCUT2D eigenvalue weighted by Gasteiger charge is -2.17. The highest BCUT2D eigenvalue weighted by atomic mass is 35.5. The standard InChI is InChI=1S/C19H20Cl2N2O2S/c1-4-16(25-19-15(21)9-14(20)11-23-19)18(24)22-10-12(3)8-13-6-7-26-17(13)5-2/h5-9,11,16H,3-4,10H2,1-2H3,(H,22,24)/b13-8-,17-5+. The Labute approximate surface area is 166 Å². The molecular formula is C19H20Cl2N2O2S. The van der Waals surface area contributed by atoms with Gasteiger partial charge in [-0.05, 0) is 47.7 Å². The molecule has 26 heavy (non-hydrogen) atoms. The van der Waals surface area contributed by atoms with Crippen molar-refractivity contribution in [3.63, 3.8) is 0 Å². The maximum atomic E-state index is 12.4. The Bertz CT molecular complexity index is 909. The Morgan fingerprint density at radius 2 is 2.27 bits per heavy atom. The summed E-state index contributed by atoms with van der Waals surface area (Å²) in [5, 5.41) is 6.63. The molecule has 2 heterocycles. The van der Waals surface area contributed by atoms with Crippen molar-refractivity contribution in [2.75, 3.05) is 6.54 Å². The maximum absolute atomic E-state index is 12.4. The van der Waals surface area contributed by atoms with Crippen molar-refractivity contribution in [2.45, 2.75) is 26.4 Å². The molecule has 138 valence electrons. The summed E-state index contributed by atoms with van der Waals surface area (Å²) < 4.78 is 6.81. The average Bonchev–Trinajstić information content (AvgIpc) is 3.06. The number of hydrogen-bond donors (Lipinski definition) is 1. The number of nitrogens with zero attached hydrogens (tertiary/aromatic N) is 1. The summed E-state index contributed by atoms with van der Waals surface area (Å²) in [6.45, 7) is 8.18. The summed E-state index contributed by atoms with van der Waals surface area (Å²) in [6, 6.07) is 3.55. The van der Waals surface area contributed by atoms with E-state index >= 15 is 0 Å². The number of hydrogen-bond acceptors (Lipinski definition) is 4. The first-order valence-corrected chi connectivity index (χ1v) is 9.73. The van der Waals surface area contributed by atoms with Gasteiger partial charge in [-0.1, -0.05) is 42.8 Å². The number of amides is 1. The number of pyridine rings is 1. The first-order valence-electron chi connectivity index (χ1n) is 8.09. The molecule has 0 bridgehead atoms. The lowest BCUT2D eigenvalue weighted by Crippen LogP contribution is -2.39. The lowest BCUT2D eigenvalue weighted by atomic mass is 10.2. The molecule has 0 fully saturated rings. The molecule has 0 saturated carbocycles. The third-order valence-corrected chi connectivity index (χ3v) is 5.00.